The molecular weight excluding hydrogens is 300 g/mol. The second kappa shape index (κ2) is 8.10. The smallest absolute Gasteiger partial charge is 0.240 e. The van der Waals surface area contributed by atoms with Crippen molar-refractivity contribution in [3.05, 3.63) is 42.5 Å². The van der Waals surface area contributed by atoms with Crippen molar-refractivity contribution >= 4 is 15.9 Å². The van der Waals surface area contributed by atoms with E-state index in [9.17, 15) is 13.2 Å². The number of nitrogens with one attached hydrogen (secondary N) is 1. The van der Waals surface area contributed by atoms with Gasteiger partial charge in [-0.2, -0.15) is 0 Å². The van der Waals surface area contributed by atoms with Gasteiger partial charge in [0.25, 0.3) is 0 Å². The molecule has 0 saturated carbocycles. The molecule has 1 aromatic rings. The summed E-state index contributed by atoms with van der Waals surface area (Å²) in [4.78, 5) is 13.1. The monoisotopic (exact) mass is 324 g/mol. The highest BCUT2D eigenvalue weighted by atomic mass is 32.2. The van der Waals surface area contributed by atoms with Gasteiger partial charge in [-0.3, -0.25) is 4.79 Å². The van der Waals surface area contributed by atoms with E-state index in [0.29, 0.717) is 19.0 Å². The van der Waals surface area contributed by atoms with E-state index in [-0.39, 0.29) is 17.3 Å². The number of carbonyl (C=O) groups excluding carboxylic acids is 1. The molecule has 1 amide bonds. The molecule has 0 aliphatic heterocycles. The molecule has 22 heavy (non-hydrogen) atoms. The lowest BCUT2D eigenvalue weighted by molar-refractivity contribution is -0.128. The van der Waals surface area contributed by atoms with E-state index in [2.05, 4.69) is 25.1 Å². The molecule has 0 fully saturated rings. The Kier molecular flexibility index (Phi) is 6.77. The van der Waals surface area contributed by atoms with Crippen LogP contribution in [0.25, 0.3) is 0 Å². The van der Waals surface area contributed by atoms with Crippen molar-refractivity contribution in [1.82, 2.24) is 9.62 Å². The van der Waals surface area contributed by atoms with Gasteiger partial charge in [0.2, 0.25) is 15.9 Å². The second-order valence-electron chi connectivity index (χ2n) is 5.38. The third-order valence-corrected chi connectivity index (χ3v) is 4.80. The Labute approximate surface area is 133 Å². The van der Waals surface area contributed by atoms with Crippen molar-refractivity contribution in [3.8, 4) is 0 Å². The van der Waals surface area contributed by atoms with E-state index < -0.39 is 10.0 Å². The summed E-state index contributed by atoms with van der Waals surface area (Å²) in [5.74, 6) is 0.244. The zero-order valence-electron chi connectivity index (χ0n) is 13.4. The summed E-state index contributed by atoms with van der Waals surface area (Å²) >= 11 is 0. The van der Waals surface area contributed by atoms with Crippen LogP contribution >= 0.6 is 0 Å². The highest BCUT2D eigenvalue weighted by Crippen LogP contribution is 2.17. The van der Waals surface area contributed by atoms with Gasteiger partial charge in [0.1, 0.15) is 0 Å². The van der Waals surface area contributed by atoms with Crippen LogP contribution in [-0.4, -0.2) is 38.9 Å². The minimum Gasteiger partial charge on any atom is -0.338 e. The minimum atomic E-state index is -3.55. The van der Waals surface area contributed by atoms with Crippen LogP contribution in [0.1, 0.15) is 32.3 Å². The third-order valence-electron chi connectivity index (χ3n) is 3.33. The van der Waals surface area contributed by atoms with Crippen LogP contribution < -0.4 is 4.72 Å². The van der Waals surface area contributed by atoms with E-state index in [1.165, 1.54) is 11.8 Å². The average Bonchev–Trinajstić information content (AvgIpc) is 2.46. The first-order valence-electron chi connectivity index (χ1n) is 7.24. The first-order chi connectivity index (χ1) is 10.3. The third kappa shape index (κ3) is 5.27. The summed E-state index contributed by atoms with van der Waals surface area (Å²) in [6.07, 6.45) is 1.61. The van der Waals surface area contributed by atoms with Gasteiger partial charge in [0.15, 0.2) is 0 Å². The molecule has 0 unspecified atom stereocenters. The van der Waals surface area contributed by atoms with Crippen LogP contribution in [0.5, 0.6) is 0 Å². The topological polar surface area (TPSA) is 66.5 Å². The molecule has 0 atom stereocenters. The Morgan fingerprint density at radius 1 is 1.32 bits per heavy atom. The molecule has 6 heteroatoms. The lowest BCUT2D eigenvalue weighted by Crippen LogP contribution is -2.37. The second-order valence-corrected chi connectivity index (χ2v) is 7.14. The molecule has 0 saturated heterocycles. The Balaban J connectivity index is 2.67. The van der Waals surface area contributed by atoms with Crippen molar-refractivity contribution < 1.29 is 13.2 Å². The fraction of sp³-hybridized carbons (Fsp3) is 0.438. The molecule has 1 rings (SSSR count). The van der Waals surface area contributed by atoms with Crippen molar-refractivity contribution in [3.63, 3.8) is 0 Å². The number of sulfonamides is 1. The Morgan fingerprint density at radius 2 is 1.91 bits per heavy atom. The Morgan fingerprint density at radius 3 is 2.36 bits per heavy atom. The molecule has 0 spiro atoms. The molecule has 1 N–H and O–H groups in total. The van der Waals surface area contributed by atoms with Gasteiger partial charge in [-0.05, 0) is 23.6 Å². The van der Waals surface area contributed by atoms with E-state index in [1.54, 1.807) is 18.2 Å². The van der Waals surface area contributed by atoms with E-state index in [1.807, 2.05) is 12.1 Å². The summed E-state index contributed by atoms with van der Waals surface area (Å²) in [5.41, 5.74) is 1.09. The summed E-state index contributed by atoms with van der Waals surface area (Å²) in [6, 6.07) is 6.84. The van der Waals surface area contributed by atoms with Gasteiger partial charge < -0.3 is 4.90 Å². The van der Waals surface area contributed by atoms with Gasteiger partial charge in [-0.15, -0.1) is 6.58 Å². The van der Waals surface area contributed by atoms with Crippen molar-refractivity contribution in [1.29, 1.82) is 0 Å². The fourth-order valence-electron chi connectivity index (χ4n) is 1.96. The standard InChI is InChI=1S/C16H24N2O3S/c1-5-11-18(14(4)19)12-10-17-22(20,21)16-8-6-15(7-9-16)13(2)3/h5-9,13,17H,1,10-12H2,2-4H3. The average molecular weight is 324 g/mol. The molecule has 0 aliphatic carbocycles. The van der Waals surface area contributed by atoms with E-state index in [4.69, 9.17) is 0 Å². The van der Waals surface area contributed by atoms with Gasteiger partial charge in [-0.25, -0.2) is 13.1 Å². The number of hydrogen-bond donors (Lipinski definition) is 1. The van der Waals surface area contributed by atoms with Crippen molar-refractivity contribution in [2.45, 2.75) is 31.6 Å². The highest BCUT2D eigenvalue weighted by Gasteiger charge is 2.15. The summed E-state index contributed by atoms with van der Waals surface area (Å²) in [5, 5.41) is 0. The quantitative estimate of drug-likeness (QED) is 0.745. The first kappa shape index (κ1) is 18.4. The summed E-state index contributed by atoms with van der Waals surface area (Å²) in [7, 11) is -3.55. The minimum absolute atomic E-state index is 0.111. The molecule has 0 bridgehead atoms. The van der Waals surface area contributed by atoms with Crippen molar-refractivity contribution in [2.24, 2.45) is 0 Å². The number of hydrogen-bond acceptors (Lipinski definition) is 3. The highest BCUT2D eigenvalue weighted by molar-refractivity contribution is 7.89. The predicted octanol–water partition coefficient (Wildman–Crippen LogP) is 2.12. The lowest BCUT2D eigenvalue weighted by atomic mass is 10.0. The maximum absolute atomic E-state index is 12.2. The predicted molar refractivity (Wildman–Crippen MR) is 88.2 cm³/mol. The van der Waals surface area contributed by atoms with E-state index >= 15 is 0 Å². The van der Waals surface area contributed by atoms with Gasteiger partial charge in [0, 0.05) is 26.6 Å². The van der Waals surface area contributed by atoms with E-state index in [0.717, 1.165) is 5.56 Å². The van der Waals surface area contributed by atoms with Gasteiger partial charge in [-0.1, -0.05) is 32.1 Å². The van der Waals surface area contributed by atoms with Crippen LogP contribution in [0, 0.1) is 0 Å². The van der Waals surface area contributed by atoms with Crippen LogP contribution in [0.15, 0.2) is 41.8 Å². The SMILES string of the molecule is C=CCN(CCNS(=O)(=O)c1ccc(C(C)C)cc1)C(C)=O. The van der Waals surface area contributed by atoms with Gasteiger partial charge in [0.05, 0.1) is 4.90 Å². The normalized spacial score (nSPS) is 11.5. The molecule has 0 heterocycles. The molecule has 5 nitrogen and oxygen atoms in total. The molecule has 1 aromatic carbocycles. The molecule has 0 aromatic heterocycles. The number of rotatable bonds is 8. The number of amides is 1. The maximum Gasteiger partial charge on any atom is 0.240 e. The van der Waals surface area contributed by atoms with Gasteiger partial charge >= 0.3 is 0 Å². The zero-order chi connectivity index (χ0) is 16.8. The maximum atomic E-state index is 12.2. The molecular formula is C16H24N2O3S. The Bertz CT molecular complexity index is 607. The largest absolute Gasteiger partial charge is 0.338 e. The van der Waals surface area contributed by atoms with Crippen LogP contribution in [0.2, 0.25) is 0 Å². The van der Waals surface area contributed by atoms with Crippen LogP contribution in [0.4, 0.5) is 0 Å². The number of carbonyl (C=O) groups is 1. The molecule has 0 radical (unpaired) electrons. The summed E-state index contributed by atoms with van der Waals surface area (Å²) < 4.78 is 26.9. The fourth-order valence-corrected chi connectivity index (χ4v) is 2.98. The first-order valence-corrected chi connectivity index (χ1v) is 8.72. The zero-order valence-corrected chi connectivity index (χ0v) is 14.2. The van der Waals surface area contributed by atoms with Crippen LogP contribution in [0.3, 0.4) is 0 Å². The lowest BCUT2D eigenvalue weighted by Gasteiger charge is -2.19. The molecule has 122 valence electrons. The molecule has 0 aliphatic rings. The number of nitrogens with zero attached hydrogens (tertiary/aromatic N) is 1. The summed E-state index contributed by atoms with van der Waals surface area (Å²) in [6.45, 7) is 10.0. The van der Waals surface area contributed by atoms with Crippen molar-refractivity contribution in [2.75, 3.05) is 19.6 Å². The number of benzene rings is 1. The van der Waals surface area contributed by atoms with Crippen LogP contribution in [-0.2, 0) is 14.8 Å². The Hall–Kier alpha value is -1.66.